The number of sulfonamides is 1. The fourth-order valence-corrected chi connectivity index (χ4v) is 5.02. The molecule has 0 unspecified atom stereocenters. The summed E-state index contributed by atoms with van der Waals surface area (Å²) in [7, 11) is -4.02. The second-order valence-electron chi connectivity index (χ2n) is 9.39. The van der Waals surface area contributed by atoms with E-state index in [2.05, 4.69) is 25.8 Å². The van der Waals surface area contributed by atoms with Crippen molar-refractivity contribution in [2.75, 3.05) is 23.9 Å². The molecule has 1 amide bonds. The lowest BCUT2D eigenvalue weighted by atomic mass is 9.87. The smallest absolute Gasteiger partial charge is 0.265 e. The van der Waals surface area contributed by atoms with Crippen LogP contribution in [0, 0.1) is 5.92 Å². The number of halogens is 1. The molecule has 32 heavy (non-hydrogen) atoms. The molecule has 0 aliphatic heterocycles. The third kappa shape index (κ3) is 6.01. The van der Waals surface area contributed by atoms with Crippen molar-refractivity contribution in [3.05, 3.63) is 53.2 Å². The van der Waals surface area contributed by atoms with Crippen molar-refractivity contribution >= 4 is 33.3 Å². The molecule has 3 rings (SSSR count). The van der Waals surface area contributed by atoms with Gasteiger partial charge in [0.05, 0.1) is 4.90 Å². The number of aromatic nitrogens is 1. The largest absolute Gasteiger partial charge is 0.341 e. The maximum atomic E-state index is 13.6. The molecule has 1 fully saturated rings. The molecule has 0 bridgehead atoms. The minimum absolute atomic E-state index is 0.101. The number of amides is 1. The quantitative estimate of drug-likeness (QED) is 0.483. The summed E-state index contributed by atoms with van der Waals surface area (Å²) < 4.78 is 28.3. The zero-order chi connectivity index (χ0) is 23.5. The Morgan fingerprint density at radius 3 is 2.31 bits per heavy atom. The second-order valence-corrected chi connectivity index (χ2v) is 11.6. The van der Waals surface area contributed by atoms with E-state index in [0.29, 0.717) is 19.0 Å². The summed E-state index contributed by atoms with van der Waals surface area (Å²) in [6.45, 7) is 9.18. The first-order valence-electron chi connectivity index (χ1n) is 11.1. The molecule has 174 valence electrons. The van der Waals surface area contributed by atoms with Gasteiger partial charge in [0, 0.05) is 13.1 Å². The lowest BCUT2D eigenvalue weighted by molar-refractivity contribution is -0.129. The Balaban J connectivity index is 1.95. The summed E-state index contributed by atoms with van der Waals surface area (Å²) in [5.74, 6) is 0.425. The molecule has 0 atom stereocenters. The number of hydrogen-bond donors (Lipinski definition) is 0. The number of carbonyl (C=O) groups excluding carboxylic acids is 1. The van der Waals surface area contributed by atoms with Gasteiger partial charge in [0.15, 0.2) is 0 Å². The number of pyridine rings is 1. The van der Waals surface area contributed by atoms with Gasteiger partial charge in [-0.15, -0.1) is 0 Å². The van der Waals surface area contributed by atoms with Crippen molar-refractivity contribution in [2.24, 2.45) is 5.92 Å². The Morgan fingerprint density at radius 1 is 1.12 bits per heavy atom. The Hall–Kier alpha value is -2.12. The number of hydrogen-bond acceptors (Lipinski definition) is 4. The van der Waals surface area contributed by atoms with Crippen molar-refractivity contribution < 1.29 is 13.2 Å². The van der Waals surface area contributed by atoms with Crippen LogP contribution in [0.1, 0.15) is 52.5 Å². The molecule has 0 N–H and O–H groups in total. The van der Waals surface area contributed by atoms with Crippen LogP contribution in [0.4, 0.5) is 5.82 Å². The molecule has 0 saturated heterocycles. The van der Waals surface area contributed by atoms with Gasteiger partial charge in [-0.25, -0.2) is 17.7 Å². The van der Waals surface area contributed by atoms with Gasteiger partial charge in [0.1, 0.15) is 17.5 Å². The van der Waals surface area contributed by atoms with E-state index in [4.69, 9.17) is 11.6 Å². The summed E-state index contributed by atoms with van der Waals surface area (Å²) in [5, 5.41) is 0.168. The van der Waals surface area contributed by atoms with Crippen LogP contribution in [-0.2, 0) is 20.2 Å². The Bertz CT molecular complexity index is 1040. The molecule has 0 radical (unpaired) electrons. The average molecular weight is 478 g/mol. The number of anilines is 1. The van der Waals surface area contributed by atoms with Gasteiger partial charge in [0.25, 0.3) is 10.0 Å². The van der Waals surface area contributed by atoms with Crippen molar-refractivity contribution in [3.8, 4) is 0 Å². The number of carbonyl (C=O) groups is 1. The fourth-order valence-electron chi connectivity index (χ4n) is 3.50. The van der Waals surface area contributed by atoms with Gasteiger partial charge >= 0.3 is 0 Å². The van der Waals surface area contributed by atoms with Crippen LogP contribution in [0.5, 0.6) is 0 Å². The molecule has 8 heteroatoms. The van der Waals surface area contributed by atoms with Crippen LogP contribution in [-0.4, -0.2) is 43.8 Å². The predicted molar refractivity (Wildman–Crippen MR) is 129 cm³/mol. The van der Waals surface area contributed by atoms with Gasteiger partial charge in [-0.05, 0) is 60.4 Å². The van der Waals surface area contributed by atoms with Crippen molar-refractivity contribution in [3.63, 3.8) is 0 Å². The van der Waals surface area contributed by atoms with Crippen molar-refractivity contribution in [1.29, 1.82) is 0 Å². The Morgan fingerprint density at radius 2 is 1.78 bits per heavy atom. The van der Waals surface area contributed by atoms with E-state index in [9.17, 15) is 13.2 Å². The molecule has 0 spiro atoms. The zero-order valence-electron chi connectivity index (χ0n) is 19.2. The highest BCUT2D eigenvalue weighted by atomic mass is 35.5. The van der Waals surface area contributed by atoms with E-state index in [1.165, 1.54) is 0 Å². The Labute approximate surface area is 196 Å². The van der Waals surface area contributed by atoms with Crippen molar-refractivity contribution in [1.82, 2.24) is 9.88 Å². The monoisotopic (exact) mass is 477 g/mol. The Kier molecular flexibility index (Phi) is 7.50. The third-order valence-electron chi connectivity index (χ3n) is 5.56. The topological polar surface area (TPSA) is 70.6 Å². The predicted octanol–water partition coefficient (Wildman–Crippen LogP) is 4.88. The molecule has 1 aromatic carbocycles. The van der Waals surface area contributed by atoms with Gasteiger partial charge < -0.3 is 4.90 Å². The van der Waals surface area contributed by atoms with E-state index in [1.54, 1.807) is 35.2 Å². The minimum Gasteiger partial charge on any atom is -0.341 e. The van der Waals surface area contributed by atoms with Gasteiger partial charge in [-0.2, -0.15) is 0 Å². The van der Waals surface area contributed by atoms with Crippen molar-refractivity contribution in [2.45, 2.75) is 57.3 Å². The van der Waals surface area contributed by atoms with E-state index < -0.39 is 10.0 Å². The summed E-state index contributed by atoms with van der Waals surface area (Å²) in [6.07, 6.45) is 3.05. The minimum atomic E-state index is -4.02. The van der Waals surface area contributed by atoms with Gasteiger partial charge in [-0.1, -0.05) is 57.5 Å². The summed E-state index contributed by atoms with van der Waals surface area (Å²) in [5.41, 5.74) is 0.925. The molecule has 6 nitrogen and oxygen atoms in total. The van der Waals surface area contributed by atoms with Crippen LogP contribution in [0.15, 0.2) is 47.4 Å². The molecule has 1 aliphatic carbocycles. The average Bonchev–Trinajstić information content (AvgIpc) is 3.55. The second kappa shape index (κ2) is 9.79. The number of nitrogens with zero attached hydrogens (tertiary/aromatic N) is 3. The normalized spacial score (nSPS) is 14.3. The van der Waals surface area contributed by atoms with Gasteiger partial charge in [0.2, 0.25) is 5.91 Å². The molecular formula is C24H32ClN3O3S. The standard InChI is InChI=1S/C24H32ClN3O3S/c1-5-15-27(16-18-9-10-18)23(29)17-28(22-8-6-7-21(25)26-22)32(30,31)20-13-11-19(12-14-20)24(2,3)4/h6-8,11-14,18H,5,9-10,15-17H2,1-4H3. The first-order valence-corrected chi connectivity index (χ1v) is 12.9. The highest BCUT2D eigenvalue weighted by Gasteiger charge is 2.32. The third-order valence-corrected chi connectivity index (χ3v) is 7.54. The highest BCUT2D eigenvalue weighted by Crippen LogP contribution is 2.31. The molecular weight excluding hydrogens is 446 g/mol. The molecule has 1 saturated carbocycles. The summed E-state index contributed by atoms with van der Waals surface area (Å²) >= 11 is 6.05. The van der Waals surface area contributed by atoms with Gasteiger partial charge in [-0.3, -0.25) is 4.79 Å². The molecule has 1 aliphatic rings. The first-order chi connectivity index (χ1) is 15.0. The number of rotatable bonds is 9. The first kappa shape index (κ1) is 24.5. The van der Waals surface area contributed by atoms with E-state index in [-0.39, 0.29) is 33.7 Å². The lowest BCUT2D eigenvalue weighted by Gasteiger charge is -2.28. The SMILES string of the molecule is CCCN(CC1CC1)C(=O)CN(c1cccc(Cl)n1)S(=O)(=O)c1ccc(C(C)(C)C)cc1. The molecule has 1 aromatic heterocycles. The number of benzene rings is 1. The maximum Gasteiger partial charge on any atom is 0.265 e. The highest BCUT2D eigenvalue weighted by molar-refractivity contribution is 7.92. The van der Waals surface area contributed by atoms with Crippen LogP contribution < -0.4 is 4.31 Å². The maximum absolute atomic E-state index is 13.6. The van der Waals surface area contributed by atoms with Crippen LogP contribution in [0.2, 0.25) is 5.15 Å². The molecule has 1 heterocycles. The summed E-state index contributed by atoms with van der Waals surface area (Å²) in [6, 6.07) is 11.6. The zero-order valence-corrected chi connectivity index (χ0v) is 20.8. The van der Waals surface area contributed by atoms with Crippen LogP contribution in [0.25, 0.3) is 0 Å². The molecule has 2 aromatic rings. The fraction of sp³-hybridized carbons (Fsp3) is 0.500. The van der Waals surface area contributed by atoms with Crippen LogP contribution in [0.3, 0.4) is 0 Å². The van der Waals surface area contributed by atoms with E-state index in [0.717, 1.165) is 29.1 Å². The van der Waals surface area contributed by atoms with E-state index in [1.807, 2.05) is 19.1 Å². The van der Waals surface area contributed by atoms with Crippen LogP contribution >= 0.6 is 11.6 Å². The van der Waals surface area contributed by atoms with E-state index >= 15 is 0 Å². The lowest BCUT2D eigenvalue weighted by Crippen LogP contribution is -2.44. The summed E-state index contributed by atoms with van der Waals surface area (Å²) in [4.78, 5) is 19.3.